The van der Waals surface area contributed by atoms with E-state index in [4.69, 9.17) is 0 Å². The van der Waals surface area contributed by atoms with Crippen LogP contribution in [0, 0.1) is 17.8 Å². The third-order valence-corrected chi connectivity index (χ3v) is 6.31. The maximum absolute atomic E-state index is 13.0. The fraction of sp³-hybridized carbons (Fsp3) is 0.750. The van der Waals surface area contributed by atoms with Crippen LogP contribution >= 0.6 is 0 Å². The molecule has 3 fully saturated rings. The topological polar surface area (TPSA) is 69.3 Å². The van der Waals surface area contributed by atoms with Gasteiger partial charge in [0, 0.05) is 37.8 Å². The van der Waals surface area contributed by atoms with Crippen LogP contribution in [0.4, 0.5) is 0 Å². The van der Waals surface area contributed by atoms with E-state index in [0.29, 0.717) is 41.8 Å². The van der Waals surface area contributed by atoms with Gasteiger partial charge in [0.1, 0.15) is 5.69 Å². The van der Waals surface area contributed by atoms with Crippen LogP contribution in [0.25, 0.3) is 0 Å². The molecule has 2 amide bonds. The number of piperidine rings is 3. The van der Waals surface area contributed by atoms with E-state index in [9.17, 15) is 9.59 Å². The molecule has 2 bridgehead atoms. The highest BCUT2D eigenvalue weighted by molar-refractivity contribution is 5.92. The van der Waals surface area contributed by atoms with Crippen molar-refractivity contribution in [2.45, 2.75) is 58.4 Å². The van der Waals surface area contributed by atoms with Gasteiger partial charge in [0.15, 0.2) is 0 Å². The molecule has 3 aliphatic heterocycles. The average Bonchev–Trinajstić information content (AvgIpc) is 3.09. The zero-order valence-electron chi connectivity index (χ0n) is 15.9. The molecule has 0 aromatic carbocycles. The number of hydrogen-bond donors (Lipinski definition) is 1. The van der Waals surface area contributed by atoms with Crippen molar-refractivity contribution in [1.29, 1.82) is 0 Å². The minimum absolute atomic E-state index is 0.0438. The van der Waals surface area contributed by atoms with Gasteiger partial charge in [-0.1, -0.05) is 13.8 Å². The first-order valence-electron chi connectivity index (χ1n) is 10.1. The van der Waals surface area contributed by atoms with Gasteiger partial charge in [-0.3, -0.25) is 14.7 Å². The second-order valence-corrected chi connectivity index (χ2v) is 8.79. The maximum Gasteiger partial charge on any atom is 0.274 e. The van der Waals surface area contributed by atoms with Crippen molar-refractivity contribution in [3.8, 4) is 0 Å². The van der Waals surface area contributed by atoms with E-state index < -0.39 is 0 Å². The Kier molecular flexibility index (Phi) is 4.76. The molecule has 142 valence electrons. The van der Waals surface area contributed by atoms with E-state index in [-0.39, 0.29) is 5.91 Å². The van der Waals surface area contributed by atoms with Crippen molar-refractivity contribution in [3.63, 3.8) is 0 Å². The predicted octanol–water partition coefficient (Wildman–Crippen LogP) is 2.47. The Balaban J connectivity index is 1.43. The van der Waals surface area contributed by atoms with Gasteiger partial charge in [0.05, 0.1) is 0 Å². The van der Waals surface area contributed by atoms with Crippen LogP contribution < -0.4 is 0 Å². The van der Waals surface area contributed by atoms with Crippen molar-refractivity contribution in [2.75, 3.05) is 19.6 Å². The molecule has 6 nitrogen and oxygen atoms in total. The number of nitrogens with one attached hydrogen (secondary N) is 1. The molecule has 0 spiro atoms. The zero-order valence-corrected chi connectivity index (χ0v) is 15.9. The Morgan fingerprint density at radius 2 is 2.19 bits per heavy atom. The summed E-state index contributed by atoms with van der Waals surface area (Å²) >= 11 is 0. The van der Waals surface area contributed by atoms with Crippen LogP contribution in [-0.4, -0.2) is 57.5 Å². The molecule has 1 aromatic rings. The van der Waals surface area contributed by atoms with Crippen LogP contribution in [0.1, 0.15) is 62.1 Å². The lowest BCUT2D eigenvalue weighted by molar-refractivity contribution is -0.144. The largest absolute Gasteiger partial charge is 0.339 e. The number of likely N-dealkylation sites (tertiary alicyclic amines) is 1. The highest BCUT2D eigenvalue weighted by atomic mass is 16.2. The minimum Gasteiger partial charge on any atom is -0.339 e. The fourth-order valence-corrected chi connectivity index (χ4v) is 4.98. The molecule has 3 saturated heterocycles. The van der Waals surface area contributed by atoms with E-state index in [1.807, 2.05) is 11.0 Å². The monoisotopic (exact) mass is 358 g/mol. The van der Waals surface area contributed by atoms with E-state index in [1.165, 1.54) is 0 Å². The lowest BCUT2D eigenvalue weighted by Crippen LogP contribution is -2.61. The predicted molar refractivity (Wildman–Crippen MR) is 98.6 cm³/mol. The van der Waals surface area contributed by atoms with E-state index in [1.54, 1.807) is 0 Å². The van der Waals surface area contributed by atoms with E-state index in [0.717, 1.165) is 57.4 Å². The number of aryl methyl sites for hydroxylation is 1. The van der Waals surface area contributed by atoms with Crippen molar-refractivity contribution in [3.05, 3.63) is 17.5 Å². The normalized spacial score (nSPS) is 28.4. The summed E-state index contributed by atoms with van der Waals surface area (Å²) in [6, 6.07) is 2.26. The van der Waals surface area contributed by atoms with Crippen LogP contribution in [-0.2, 0) is 11.2 Å². The van der Waals surface area contributed by atoms with Crippen molar-refractivity contribution in [2.24, 2.45) is 17.8 Å². The minimum atomic E-state index is 0.0438. The van der Waals surface area contributed by atoms with Crippen LogP contribution in [0.5, 0.6) is 0 Å². The van der Waals surface area contributed by atoms with Gasteiger partial charge in [-0.05, 0) is 55.9 Å². The Labute approximate surface area is 155 Å². The Morgan fingerprint density at radius 1 is 1.35 bits per heavy atom. The smallest absolute Gasteiger partial charge is 0.274 e. The lowest BCUT2D eigenvalue weighted by atomic mass is 9.76. The molecule has 1 aromatic heterocycles. The summed E-state index contributed by atoms with van der Waals surface area (Å²) in [4.78, 5) is 29.3. The fourth-order valence-electron chi connectivity index (χ4n) is 4.98. The first-order chi connectivity index (χ1) is 12.5. The summed E-state index contributed by atoms with van der Waals surface area (Å²) in [7, 11) is 0. The van der Waals surface area contributed by atoms with Gasteiger partial charge < -0.3 is 9.80 Å². The molecule has 4 rings (SSSR count). The van der Waals surface area contributed by atoms with Gasteiger partial charge in [-0.2, -0.15) is 5.10 Å². The van der Waals surface area contributed by atoms with E-state index >= 15 is 0 Å². The summed E-state index contributed by atoms with van der Waals surface area (Å²) < 4.78 is 0. The summed E-state index contributed by atoms with van der Waals surface area (Å²) in [5.41, 5.74) is 1.59. The number of rotatable bonds is 4. The van der Waals surface area contributed by atoms with Gasteiger partial charge in [-0.25, -0.2) is 0 Å². The molecule has 3 aliphatic rings. The van der Waals surface area contributed by atoms with Crippen molar-refractivity contribution < 1.29 is 9.59 Å². The molecule has 6 heteroatoms. The summed E-state index contributed by atoms with van der Waals surface area (Å²) in [5.74, 6) is 1.84. The highest BCUT2D eigenvalue weighted by Crippen LogP contribution is 2.38. The molecule has 3 atom stereocenters. The molecule has 26 heavy (non-hydrogen) atoms. The van der Waals surface area contributed by atoms with Crippen LogP contribution in [0.3, 0.4) is 0 Å². The van der Waals surface area contributed by atoms with Gasteiger partial charge >= 0.3 is 0 Å². The highest BCUT2D eigenvalue weighted by Gasteiger charge is 2.45. The zero-order chi connectivity index (χ0) is 18.3. The number of aromatic nitrogens is 2. The third-order valence-electron chi connectivity index (χ3n) is 6.31. The molecule has 0 aliphatic carbocycles. The van der Waals surface area contributed by atoms with E-state index in [2.05, 4.69) is 28.9 Å². The summed E-state index contributed by atoms with van der Waals surface area (Å²) in [6.07, 6.45) is 5.96. The lowest BCUT2D eigenvalue weighted by Gasteiger charge is -2.52. The SMILES string of the molecule is CC(C)CCc1cc(C(=O)N2C[C@H]3C[C@@H](C2)[C@@H]2CCCC(=O)N2C3)n[nH]1. The Bertz CT molecular complexity index is 683. The summed E-state index contributed by atoms with van der Waals surface area (Å²) in [5, 5.41) is 7.31. The number of carbonyl (C=O) groups excluding carboxylic acids is 2. The number of aromatic amines is 1. The summed E-state index contributed by atoms with van der Waals surface area (Å²) in [6.45, 7) is 6.74. The molecule has 0 saturated carbocycles. The maximum atomic E-state index is 13.0. The molecular weight excluding hydrogens is 328 g/mol. The molecular formula is C20H30N4O2. The number of fused-ring (bicyclic) bond motifs is 4. The first kappa shape index (κ1) is 17.6. The Hall–Kier alpha value is -1.85. The van der Waals surface area contributed by atoms with Crippen molar-refractivity contribution in [1.82, 2.24) is 20.0 Å². The van der Waals surface area contributed by atoms with Crippen LogP contribution in [0.15, 0.2) is 6.07 Å². The molecule has 1 N–H and O–H groups in total. The number of H-pyrrole nitrogens is 1. The molecule has 4 heterocycles. The van der Waals surface area contributed by atoms with Gasteiger partial charge in [-0.15, -0.1) is 0 Å². The standard InChI is InChI=1S/C20H30N4O2/c1-13(2)6-7-16-9-17(22-21-16)20(26)23-10-14-8-15(12-23)18-4-3-5-19(25)24(18)11-14/h9,13-15,18H,3-8,10-12H2,1-2H3,(H,21,22)/t14-,15+,18+/m1/s1. The number of hydrogen-bond acceptors (Lipinski definition) is 3. The number of amides is 2. The molecule has 0 radical (unpaired) electrons. The molecule has 0 unspecified atom stereocenters. The Morgan fingerprint density at radius 3 is 3.00 bits per heavy atom. The van der Waals surface area contributed by atoms with Gasteiger partial charge in [0.25, 0.3) is 5.91 Å². The average molecular weight is 358 g/mol. The van der Waals surface area contributed by atoms with Crippen molar-refractivity contribution >= 4 is 11.8 Å². The second-order valence-electron chi connectivity index (χ2n) is 8.79. The van der Waals surface area contributed by atoms with Crippen LogP contribution in [0.2, 0.25) is 0 Å². The van der Waals surface area contributed by atoms with Gasteiger partial charge in [0.2, 0.25) is 5.91 Å². The third kappa shape index (κ3) is 3.38. The first-order valence-corrected chi connectivity index (χ1v) is 10.1. The number of carbonyl (C=O) groups is 2. The quantitative estimate of drug-likeness (QED) is 0.899. The number of nitrogens with zero attached hydrogens (tertiary/aromatic N) is 3. The second kappa shape index (κ2) is 7.05.